The summed E-state index contributed by atoms with van der Waals surface area (Å²) in [6.45, 7) is 1.43. The normalized spacial score (nSPS) is 15.7. The molecule has 2 N–H and O–H groups in total. The van der Waals surface area contributed by atoms with Crippen LogP contribution in [-0.4, -0.2) is 34.2 Å². The van der Waals surface area contributed by atoms with Crippen LogP contribution in [0.2, 0.25) is 0 Å². The lowest BCUT2D eigenvalue weighted by molar-refractivity contribution is 0.174. The number of carbonyl (C=O) groups is 1. The third-order valence-electron chi connectivity index (χ3n) is 3.69. The molecule has 0 saturated carbocycles. The molecular formula is C14H14N4O3. The van der Waals surface area contributed by atoms with Crippen LogP contribution in [0.5, 0.6) is 11.5 Å². The molecule has 0 unspecified atom stereocenters. The molecule has 0 spiro atoms. The minimum absolute atomic E-state index is 0.130. The maximum atomic E-state index is 12.3. The fraction of sp³-hybridized carbons (Fsp3) is 0.286. The number of rotatable bonds is 1. The smallest absolute Gasteiger partial charge is 0.322 e. The molecule has 21 heavy (non-hydrogen) atoms. The zero-order chi connectivity index (χ0) is 14.2. The third-order valence-corrected chi connectivity index (χ3v) is 3.69. The van der Waals surface area contributed by atoms with Gasteiger partial charge in [-0.25, -0.2) is 9.78 Å². The summed E-state index contributed by atoms with van der Waals surface area (Å²) in [7, 11) is 0. The molecule has 0 bridgehead atoms. The van der Waals surface area contributed by atoms with Gasteiger partial charge in [-0.15, -0.1) is 0 Å². The Hall–Kier alpha value is -2.70. The van der Waals surface area contributed by atoms with Crippen molar-refractivity contribution in [3.05, 3.63) is 35.9 Å². The number of urea groups is 1. The van der Waals surface area contributed by atoms with E-state index >= 15 is 0 Å². The van der Waals surface area contributed by atoms with Gasteiger partial charge in [0, 0.05) is 24.7 Å². The molecule has 7 heteroatoms. The molecule has 1 aromatic carbocycles. The minimum atomic E-state index is -0.130. The summed E-state index contributed by atoms with van der Waals surface area (Å²) < 4.78 is 10.6. The predicted molar refractivity (Wildman–Crippen MR) is 74.3 cm³/mol. The first kappa shape index (κ1) is 12.1. The Labute approximate surface area is 120 Å². The van der Waals surface area contributed by atoms with Crippen molar-refractivity contribution in [2.75, 3.05) is 18.7 Å². The Kier molecular flexibility index (Phi) is 2.70. The summed E-state index contributed by atoms with van der Waals surface area (Å²) in [5.74, 6) is 1.36. The number of imidazole rings is 1. The number of ether oxygens (including phenoxy) is 2. The second kappa shape index (κ2) is 4.69. The Morgan fingerprint density at radius 3 is 3.19 bits per heavy atom. The fourth-order valence-corrected chi connectivity index (χ4v) is 2.56. The van der Waals surface area contributed by atoms with Gasteiger partial charge in [0.25, 0.3) is 0 Å². The van der Waals surface area contributed by atoms with E-state index in [1.54, 1.807) is 29.4 Å². The summed E-state index contributed by atoms with van der Waals surface area (Å²) in [6.07, 6.45) is 2.44. The average molecular weight is 286 g/mol. The Morgan fingerprint density at radius 2 is 2.24 bits per heavy atom. The number of hydrogen-bond donors (Lipinski definition) is 2. The van der Waals surface area contributed by atoms with Crippen LogP contribution < -0.4 is 14.8 Å². The molecule has 2 aliphatic heterocycles. The highest BCUT2D eigenvalue weighted by molar-refractivity contribution is 5.89. The van der Waals surface area contributed by atoms with E-state index in [4.69, 9.17) is 9.47 Å². The number of hydrogen-bond acceptors (Lipinski definition) is 4. The van der Waals surface area contributed by atoms with Gasteiger partial charge in [-0.05, 0) is 12.1 Å². The molecule has 0 radical (unpaired) electrons. The minimum Gasteiger partial charge on any atom is -0.454 e. The van der Waals surface area contributed by atoms with Crippen LogP contribution in [0, 0.1) is 0 Å². The van der Waals surface area contributed by atoms with Gasteiger partial charge in [-0.3, -0.25) is 0 Å². The Morgan fingerprint density at radius 1 is 1.33 bits per heavy atom. The van der Waals surface area contributed by atoms with E-state index in [0.717, 1.165) is 17.8 Å². The van der Waals surface area contributed by atoms with Crippen molar-refractivity contribution < 1.29 is 14.3 Å². The van der Waals surface area contributed by atoms with Crippen molar-refractivity contribution >= 4 is 11.7 Å². The van der Waals surface area contributed by atoms with Gasteiger partial charge in [-0.1, -0.05) is 0 Å². The van der Waals surface area contributed by atoms with Crippen LogP contribution in [0.3, 0.4) is 0 Å². The van der Waals surface area contributed by atoms with Gasteiger partial charge in [0.05, 0.1) is 24.3 Å². The first-order valence-electron chi connectivity index (χ1n) is 6.76. The third kappa shape index (κ3) is 2.16. The number of anilines is 1. The van der Waals surface area contributed by atoms with E-state index in [0.29, 0.717) is 30.3 Å². The highest BCUT2D eigenvalue weighted by atomic mass is 16.7. The molecule has 108 valence electrons. The number of fused-ring (bicyclic) bond motifs is 2. The van der Waals surface area contributed by atoms with E-state index in [9.17, 15) is 4.79 Å². The van der Waals surface area contributed by atoms with Crippen LogP contribution in [0.25, 0.3) is 0 Å². The number of H-pyrrole nitrogens is 1. The molecule has 3 heterocycles. The fourth-order valence-electron chi connectivity index (χ4n) is 2.56. The number of nitrogens with one attached hydrogen (secondary N) is 2. The Balaban J connectivity index is 1.47. The van der Waals surface area contributed by atoms with Crippen LogP contribution in [0.15, 0.2) is 24.5 Å². The molecule has 0 aliphatic carbocycles. The van der Waals surface area contributed by atoms with Crippen molar-refractivity contribution in [2.45, 2.75) is 13.0 Å². The molecule has 0 saturated heterocycles. The van der Waals surface area contributed by atoms with Crippen LogP contribution in [0.4, 0.5) is 10.5 Å². The van der Waals surface area contributed by atoms with Crippen LogP contribution >= 0.6 is 0 Å². The standard InChI is InChI=1S/C14H14N4O3/c19-14(18-4-3-10-11(6-18)16-7-15-10)17-9-1-2-12-13(5-9)21-8-20-12/h1-2,5,7H,3-4,6,8H2,(H,15,16)(H,17,19). The van der Waals surface area contributed by atoms with E-state index in [2.05, 4.69) is 15.3 Å². The van der Waals surface area contributed by atoms with Gasteiger partial charge < -0.3 is 24.7 Å². The van der Waals surface area contributed by atoms with Crippen LogP contribution in [-0.2, 0) is 13.0 Å². The monoisotopic (exact) mass is 286 g/mol. The molecule has 4 rings (SSSR count). The molecular weight excluding hydrogens is 272 g/mol. The van der Waals surface area contributed by atoms with Gasteiger partial charge in [0.1, 0.15) is 0 Å². The summed E-state index contributed by atoms with van der Waals surface area (Å²) >= 11 is 0. The quantitative estimate of drug-likeness (QED) is 0.836. The summed E-state index contributed by atoms with van der Waals surface area (Å²) in [4.78, 5) is 21.4. The molecule has 2 amide bonds. The van der Waals surface area contributed by atoms with E-state index in [-0.39, 0.29) is 12.8 Å². The number of benzene rings is 1. The molecule has 0 atom stereocenters. The zero-order valence-electron chi connectivity index (χ0n) is 11.3. The maximum absolute atomic E-state index is 12.3. The largest absolute Gasteiger partial charge is 0.454 e. The van der Waals surface area contributed by atoms with Crippen molar-refractivity contribution in [3.63, 3.8) is 0 Å². The zero-order valence-corrected chi connectivity index (χ0v) is 11.3. The second-order valence-corrected chi connectivity index (χ2v) is 5.00. The molecule has 1 aromatic heterocycles. The van der Waals surface area contributed by atoms with Gasteiger partial charge in [0.15, 0.2) is 11.5 Å². The number of aromatic nitrogens is 2. The first-order valence-corrected chi connectivity index (χ1v) is 6.76. The highest BCUT2D eigenvalue weighted by Crippen LogP contribution is 2.34. The summed E-state index contributed by atoms with van der Waals surface area (Å²) in [5.41, 5.74) is 2.74. The second-order valence-electron chi connectivity index (χ2n) is 5.00. The molecule has 0 fully saturated rings. The van der Waals surface area contributed by atoms with Gasteiger partial charge >= 0.3 is 6.03 Å². The van der Waals surface area contributed by atoms with Crippen LogP contribution in [0.1, 0.15) is 11.4 Å². The average Bonchev–Trinajstić information content (AvgIpc) is 3.14. The summed E-state index contributed by atoms with van der Waals surface area (Å²) in [6, 6.07) is 5.23. The van der Waals surface area contributed by atoms with Crippen molar-refractivity contribution in [1.82, 2.24) is 14.9 Å². The van der Waals surface area contributed by atoms with Crippen molar-refractivity contribution in [2.24, 2.45) is 0 Å². The first-order chi connectivity index (χ1) is 10.3. The maximum Gasteiger partial charge on any atom is 0.322 e. The number of carbonyl (C=O) groups excluding carboxylic acids is 1. The number of nitrogens with zero attached hydrogens (tertiary/aromatic N) is 2. The molecule has 7 nitrogen and oxygen atoms in total. The SMILES string of the molecule is O=C(Nc1ccc2c(c1)OCO2)N1CCc2nc[nH]c2C1. The van der Waals surface area contributed by atoms with Gasteiger partial charge in [0.2, 0.25) is 6.79 Å². The predicted octanol–water partition coefficient (Wildman–Crippen LogP) is 1.73. The lowest BCUT2D eigenvalue weighted by Crippen LogP contribution is -2.38. The van der Waals surface area contributed by atoms with Crippen molar-refractivity contribution in [1.29, 1.82) is 0 Å². The molecule has 2 aliphatic rings. The summed E-state index contributed by atoms with van der Waals surface area (Å²) in [5, 5.41) is 2.88. The number of amides is 2. The lowest BCUT2D eigenvalue weighted by atomic mass is 10.1. The molecule has 2 aromatic rings. The van der Waals surface area contributed by atoms with E-state index < -0.39 is 0 Å². The van der Waals surface area contributed by atoms with Gasteiger partial charge in [-0.2, -0.15) is 0 Å². The highest BCUT2D eigenvalue weighted by Gasteiger charge is 2.23. The number of aromatic amines is 1. The Bertz CT molecular complexity index is 697. The van der Waals surface area contributed by atoms with E-state index in [1.165, 1.54) is 0 Å². The van der Waals surface area contributed by atoms with E-state index in [1.807, 2.05) is 0 Å². The lowest BCUT2D eigenvalue weighted by Gasteiger charge is -2.26. The topological polar surface area (TPSA) is 79.5 Å². The van der Waals surface area contributed by atoms with Crippen molar-refractivity contribution in [3.8, 4) is 11.5 Å².